The van der Waals surface area contributed by atoms with E-state index in [0.717, 1.165) is 0 Å². The zero-order valence-corrected chi connectivity index (χ0v) is 8.83. The lowest BCUT2D eigenvalue weighted by molar-refractivity contribution is 0.867. The van der Waals surface area contributed by atoms with Gasteiger partial charge in [-0.05, 0) is 24.1 Å². The van der Waals surface area contributed by atoms with Gasteiger partial charge in [0, 0.05) is 5.92 Å². The highest BCUT2D eigenvalue weighted by molar-refractivity contribution is 6.22. The summed E-state index contributed by atoms with van der Waals surface area (Å²) >= 11 is 6.25. The van der Waals surface area contributed by atoms with Crippen molar-refractivity contribution >= 4 is 17.7 Å². The maximum Gasteiger partial charge on any atom is 0.0625 e. The first kappa shape index (κ1) is 9.54. The van der Waals surface area contributed by atoms with E-state index < -0.39 is 0 Å². The maximum atomic E-state index is 6.25. The number of allylic oxidation sites excluding steroid dienone is 3. The zero-order valence-electron chi connectivity index (χ0n) is 8.07. The van der Waals surface area contributed by atoms with Crippen LogP contribution in [-0.2, 0) is 0 Å². The zero-order chi connectivity index (χ0) is 9.97. The van der Waals surface area contributed by atoms with E-state index in [1.807, 2.05) is 37.3 Å². The van der Waals surface area contributed by atoms with Gasteiger partial charge >= 0.3 is 0 Å². The van der Waals surface area contributed by atoms with E-state index in [1.165, 1.54) is 11.1 Å². The lowest BCUT2D eigenvalue weighted by Crippen LogP contribution is -2.06. The van der Waals surface area contributed by atoms with Gasteiger partial charge in [0.1, 0.15) is 0 Å². The molecule has 1 radical (unpaired) electrons. The van der Waals surface area contributed by atoms with E-state index in [2.05, 4.69) is 18.2 Å². The molecule has 1 aromatic rings. The summed E-state index contributed by atoms with van der Waals surface area (Å²) in [7, 11) is 0. The van der Waals surface area contributed by atoms with Crippen molar-refractivity contribution < 1.29 is 0 Å². The van der Waals surface area contributed by atoms with E-state index in [1.54, 1.807) is 0 Å². The Balaban J connectivity index is 2.30. The smallest absolute Gasteiger partial charge is 0.0625 e. The summed E-state index contributed by atoms with van der Waals surface area (Å²) in [5, 5.41) is 0.0138. The fourth-order valence-corrected chi connectivity index (χ4v) is 2.11. The van der Waals surface area contributed by atoms with Crippen LogP contribution >= 0.6 is 11.6 Å². The molecular formula is C13H12Cl. The summed E-state index contributed by atoms with van der Waals surface area (Å²) < 4.78 is 0. The van der Waals surface area contributed by atoms with Crippen molar-refractivity contribution in [1.82, 2.24) is 0 Å². The van der Waals surface area contributed by atoms with Gasteiger partial charge in [0.25, 0.3) is 0 Å². The van der Waals surface area contributed by atoms with Gasteiger partial charge < -0.3 is 0 Å². The van der Waals surface area contributed by atoms with E-state index >= 15 is 0 Å². The van der Waals surface area contributed by atoms with Gasteiger partial charge in [-0.25, -0.2) is 0 Å². The third-order valence-electron chi connectivity index (χ3n) is 2.44. The monoisotopic (exact) mass is 203 g/mol. The van der Waals surface area contributed by atoms with E-state index in [4.69, 9.17) is 11.6 Å². The summed E-state index contributed by atoms with van der Waals surface area (Å²) in [6, 6.07) is 8.31. The van der Waals surface area contributed by atoms with Crippen molar-refractivity contribution in [2.24, 2.45) is 0 Å². The van der Waals surface area contributed by atoms with Crippen molar-refractivity contribution in [2.45, 2.75) is 18.2 Å². The highest BCUT2D eigenvalue weighted by Gasteiger charge is 2.22. The topological polar surface area (TPSA) is 0 Å². The lowest BCUT2D eigenvalue weighted by Gasteiger charge is -2.13. The maximum absolute atomic E-state index is 6.25. The van der Waals surface area contributed by atoms with Crippen LogP contribution in [0.3, 0.4) is 0 Å². The first-order chi connectivity index (χ1) is 6.83. The van der Waals surface area contributed by atoms with Crippen molar-refractivity contribution in [3.8, 4) is 0 Å². The standard InChI is InChI=1S/C13H12Cl/c1-2-5-13(14)12-9-8-10-6-3-4-7-11(10)12/h2-8,12-13H,1H3/b5-2+. The quantitative estimate of drug-likeness (QED) is 0.507. The summed E-state index contributed by atoms with van der Waals surface area (Å²) in [6.07, 6.45) is 9.32. The van der Waals surface area contributed by atoms with Gasteiger partial charge in [-0.15, -0.1) is 11.6 Å². The van der Waals surface area contributed by atoms with E-state index in [0.29, 0.717) is 0 Å². The van der Waals surface area contributed by atoms with Gasteiger partial charge in [-0.1, -0.05) is 42.5 Å². The van der Waals surface area contributed by atoms with Crippen molar-refractivity contribution in [1.29, 1.82) is 0 Å². The first-order valence-corrected chi connectivity index (χ1v) is 5.21. The second kappa shape index (κ2) is 4.02. The normalized spacial score (nSPS) is 21.4. The predicted molar refractivity (Wildman–Crippen MR) is 61.3 cm³/mol. The Bertz CT molecular complexity index is 377. The Kier molecular flexibility index (Phi) is 2.74. The minimum Gasteiger partial charge on any atom is -0.117 e. The molecule has 0 nitrogen and oxygen atoms in total. The average molecular weight is 204 g/mol. The molecule has 1 aliphatic rings. The Labute approximate surface area is 89.9 Å². The van der Waals surface area contributed by atoms with Crippen LogP contribution < -0.4 is 0 Å². The molecule has 1 aliphatic carbocycles. The highest BCUT2D eigenvalue weighted by atomic mass is 35.5. The Hall–Kier alpha value is -1.01. The van der Waals surface area contributed by atoms with E-state index in [-0.39, 0.29) is 11.3 Å². The minimum atomic E-state index is 0.0138. The fraction of sp³-hybridized carbons (Fsp3) is 0.231. The summed E-state index contributed by atoms with van der Waals surface area (Å²) in [6.45, 7) is 1.99. The molecule has 0 aliphatic heterocycles. The molecule has 2 unspecified atom stereocenters. The van der Waals surface area contributed by atoms with Crippen LogP contribution in [0.5, 0.6) is 0 Å². The fourth-order valence-electron chi connectivity index (χ4n) is 1.75. The van der Waals surface area contributed by atoms with Crippen molar-refractivity contribution in [2.75, 3.05) is 0 Å². The van der Waals surface area contributed by atoms with Gasteiger partial charge in [-0.3, -0.25) is 0 Å². The Morgan fingerprint density at radius 3 is 3.00 bits per heavy atom. The third kappa shape index (κ3) is 1.62. The van der Waals surface area contributed by atoms with Crippen LogP contribution in [0.4, 0.5) is 0 Å². The van der Waals surface area contributed by atoms with Crippen LogP contribution in [0, 0.1) is 6.08 Å². The van der Waals surface area contributed by atoms with Gasteiger partial charge in [0.15, 0.2) is 0 Å². The average Bonchev–Trinajstić information content (AvgIpc) is 2.61. The second-order valence-corrected chi connectivity index (χ2v) is 3.89. The first-order valence-electron chi connectivity index (χ1n) is 4.78. The number of hydrogen-bond acceptors (Lipinski definition) is 0. The molecule has 0 spiro atoms. The highest BCUT2D eigenvalue weighted by Crippen LogP contribution is 2.34. The number of hydrogen-bond donors (Lipinski definition) is 0. The molecule has 0 amide bonds. The Morgan fingerprint density at radius 1 is 1.43 bits per heavy atom. The largest absolute Gasteiger partial charge is 0.117 e. The van der Waals surface area contributed by atoms with Crippen molar-refractivity contribution in [3.05, 3.63) is 53.6 Å². The van der Waals surface area contributed by atoms with Crippen LogP contribution in [0.2, 0.25) is 0 Å². The molecule has 2 atom stereocenters. The third-order valence-corrected chi connectivity index (χ3v) is 2.84. The predicted octanol–water partition coefficient (Wildman–Crippen LogP) is 3.78. The lowest BCUT2D eigenvalue weighted by atomic mass is 9.97. The van der Waals surface area contributed by atoms with Gasteiger partial charge in [0.05, 0.1) is 5.38 Å². The molecule has 2 rings (SSSR count). The molecular weight excluding hydrogens is 192 g/mol. The van der Waals surface area contributed by atoms with E-state index in [9.17, 15) is 0 Å². The molecule has 0 aromatic heterocycles. The van der Waals surface area contributed by atoms with Crippen LogP contribution in [0.1, 0.15) is 24.0 Å². The number of halogens is 1. The number of benzene rings is 1. The number of alkyl halides is 1. The SMILES string of the molecule is C/C=C/C(Cl)C1[C]=Cc2ccccc21. The number of fused-ring (bicyclic) bond motifs is 1. The molecule has 0 bridgehead atoms. The molecule has 0 saturated heterocycles. The molecule has 0 saturated carbocycles. The second-order valence-electron chi connectivity index (χ2n) is 3.39. The summed E-state index contributed by atoms with van der Waals surface area (Å²) in [5.41, 5.74) is 2.53. The van der Waals surface area contributed by atoms with Crippen molar-refractivity contribution in [3.63, 3.8) is 0 Å². The Morgan fingerprint density at radius 2 is 2.21 bits per heavy atom. The molecule has 71 valence electrons. The van der Waals surface area contributed by atoms with Gasteiger partial charge in [-0.2, -0.15) is 0 Å². The summed E-state index contributed by atoms with van der Waals surface area (Å²) in [5.74, 6) is 0.212. The number of rotatable bonds is 2. The van der Waals surface area contributed by atoms with Crippen LogP contribution in [0.15, 0.2) is 36.4 Å². The minimum absolute atomic E-state index is 0.0138. The molecule has 0 N–H and O–H groups in total. The summed E-state index contributed by atoms with van der Waals surface area (Å²) in [4.78, 5) is 0. The molecule has 0 heterocycles. The molecule has 1 heteroatoms. The van der Waals surface area contributed by atoms with Gasteiger partial charge in [0.2, 0.25) is 0 Å². The van der Waals surface area contributed by atoms with Crippen LogP contribution in [-0.4, -0.2) is 5.38 Å². The molecule has 1 aromatic carbocycles. The molecule has 14 heavy (non-hydrogen) atoms. The molecule has 0 fully saturated rings. The van der Waals surface area contributed by atoms with Crippen LogP contribution in [0.25, 0.3) is 6.08 Å².